The second kappa shape index (κ2) is 5.72. The van der Waals surface area contributed by atoms with Gasteiger partial charge in [0.15, 0.2) is 4.34 Å². The SMILES string of the molecule is Cc1ccc(Nc2nnc(SC[C@@H]3CC3(Cl)Cl)s2)cc1. The first-order valence-electron chi connectivity index (χ1n) is 6.21. The number of nitrogens with zero attached hydrogens (tertiary/aromatic N) is 2. The zero-order chi connectivity index (χ0) is 14.2. The van der Waals surface area contributed by atoms with Crippen molar-refractivity contribution in [1.82, 2.24) is 10.2 Å². The zero-order valence-electron chi connectivity index (χ0n) is 10.8. The van der Waals surface area contributed by atoms with Crippen LogP contribution >= 0.6 is 46.3 Å². The van der Waals surface area contributed by atoms with Crippen molar-refractivity contribution in [3.8, 4) is 0 Å². The summed E-state index contributed by atoms with van der Waals surface area (Å²) in [6.45, 7) is 2.06. The molecule has 0 radical (unpaired) electrons. The van der Waals surface area contributed by atoms with Gasteiger partial charge < -0.3 is 5.32 Å². The molecule has 0 bridgehead atoms. The summed E-state index contributed by atoms with van der Waals surface area (Å²) in [5, 5.41) is 12.4. The summed E-state index contributed by atoms with van der Waals surface area (Å²) < 4.78 is 0.427. The minimum Gasteiger partial charge on any atom is -0.330 e. The number of nitrogens with one attached hydrogen (secondary N) is 1. The third kappa shape index (κ3) is 3.58. The maximum absolute atomic E-state index is 6.01. The monoisotopic (exact) mass is 345 g/mol. The Morgan fingerprint density at radius 2 is 2.05 bits per heavy atom. The number of thioether (sulfide) groups is 1. The predicted molar refractivity (Wildman–Crippen MR) is 87.6 cm³/mol. The molecule has 1 atom stereocenters. The summed E-state index contributed by atoms with van der Waals surface area (Å²) in [6, 6.07) is 8.19. The molecule has 3 rings (SSSR count). The van der Waals surface area contributed by atoms with E-state index in [0.29, 0.717) is 5.92 Å². The highest BCUT2D eigenvalue weighted by molar-refractivity contribution is 8.01. The molecular formula is C13H13Cl2N3S2. The third-order valence-corrected chi connectivity index (χ3v) is 6.13. The molecule has 0 unspecified atom stereocenters. The molecule has 1 aromatic carbocycles. The molecule has 1 saturated carbocycles. The van der Waals surface area contributed by atoms with Gasteiger partial charge in [0.25, 0.3) is 0 Å². The Morgan fingerprint density at radius 1 is 1.35 bits per heavy atom. The smallest absolute Gasteiger partial charge is 0.210 e. The number of benzene rings is 1. The molecule has 0 saturated heterocycles. The highest BCUT2D eigenvalue weighted by atomic mass is 35.5. The molecule has 0 aliphatic heterocycles. The van der Waals surface area contributed by atoms with E-state index in [-0.39, 0.29) is 0 Å². The van der Waals surface area contributed by atoms with Crippen LogP contribution in [0.5, 0.6) is 0 Å². The van der Waals surface area contributed by atoms with E-state index < -0.39 is 4.33 Å². The summed E-state index contributed by atoms with van der Waals surface area (Å²) in [5.74, 6) is 1.26. The number of hydrogen-bond acceptors (Lipinski definition) is 5. The standard InChI is InChI=1S/C13H13Cl2N3S2/c1-8-2-4-10(5-3-8)16-11-17-18-12(20-11)19-7-9-6-13(9,14)15/h2-5,9H,6-7H2,1H3,(H,16,17)/t9-/m0/s1. The van der Waals surface area contributed by atoms with Gasteiger partial charge in [-0.3, -0.25) is 0 Å². The van der Waals surface area contributed by atoms with E-state index in [9.17, 15) is 0 Å². The van der Waals surface area contributed by atoms with Crippen molar-refractivity contribution in [2.24, 2.45) is 5.92 Å². The van der Waals surface area contributed by atoms with Gasteiger partial charge in [0.05, 0.1) is 0 Å². The van der Waals surface area contributed by atoms with E-state index >= 15 is 0 Å². The second-order valence-electron chi connectivity index (χ2n) is 4.84. The molecule has 1 heterocycles. The van der Waals surface area contributed by atoms with Gasteiger partial charge in [-0.2, -0.15) is 0 Å². The molecule has 2 aromatic rings. The van der Waals surface area contributed by atoms with Crippen molar-refractivity contribution >= 4 is 57.1 Å². The van der Waals surface area contributed by atoms with E-state index in [2.05, 4.69) is 34.6 Å². The molecule has 0 spiro atoms. The van der Waals surface area contributed by atoms with Crippen LogP contribution in [0.25, 0.3) is 0 Å². The lowest BCUT2D eigenvalue weighted by atomic mass is 10.2. The number of halogens is 2. The first kappa shape index (κ1) is 14.4. The largest absolute Gasteiger partial charge is 0.330 e. The average Bonchev–Trinajstić information content (AvgIpc) is 2.82. The fourth-order valence-electron chi connectivity index (χ4n) is 1.70. The maximum atomic E-state index is 6.01. The molecule has 1 aliphatic carbocycles. The number of aromatic nitrogens is 2. The van der Waals surface area contributed by atoms with Crippen molar-refractivity contribution in [3.63, 3.8) is 0 Å². The van der Waals surface area contributed by atoms with Gasteiger partial charge >= 0.3 is 0 Å². The van der Waals surface area contributed by atoms with Crippen molar-refractivity contribution in [3.05, 3.63) is 29.8 Å². The van der Waals surface area contributed by atoms with E-state index in [0.717, 1.165) is 27.3 Å². The highest BCUT2D eigenvalue weighted by Gasteiger charge is 2.51. The lowest BCUT2D eigenvalue weighted by molar-refractivity contribution is 0.967. The van der Waals surface area contributed by atoms with Gasteiger partial charge in [-0.1, -0.05) is 40.8 Å². The summed E-state index contributed by atoms with van der Waals surface area (Å²) in [7, 11) is 0. The Labute approximate surface area is 136 Å². The van der Waals surface area contributed by atoms with Crippen molar-refractivity contribution in [2.45, 2.75) is 22.0 Å². The fraction of sp³-hybridized carbons (Fsp3) is 0.385. The molecule has 1 aromatic heterocycles. The number of alkyl halides is 2. The quantitative estimate of drug-likeness (QED) is 0.619. The van der Waals surface area contributed by atoms with Crippen LogP contribution < -0.4 is 5.32 Å². The maximum Gasteiger partial charge on any atom is 0.210 e. The minimum atomic E-state index is -0.513. The molecule has 3 nitrogen and oxygen atoms in total. The Morgan fingerprint density at radius 3 is 2.70 bits per heavy atom. The van der Waals surface area contributed by atoms with Crippen LogP contribution in [-0.4, -0.2) is 20.3 Å². The zero-order valence-corrected chi connectivity index (χ0v) is 13.9. The Balaban J connectivity index is 1.55. The normalized spacial score (nSPS) is 19.9. The molecule has 106 valence electrons. The summed E-state index contributed by atoms with van der Waals surface area (Å²) in [6.07, 6.45) is 0.871. The van der Waals surface area contributed by atoms with Crippen LogP contribution in [-0.2, 0) is 0 Å². The minimum absolute atomic E-state index is 0.369. The van der Waals surface area contributed by atoms with Gasteiger partial charge in [0.1, 0.15) is 4.33 Å². The van der Waals surface area contributed by atoms with Gasteiger partial charge in [0.2, 0.25) is 5.13 Å². The Bertz CT molecular complexity index is 598. The second-order valence-corrected chi connectivity index (χ2v) is 8.62. The lowest BCUT2D eigenvalue weighted by Gasteiger charge is -2.01. The number of anilines is 2. The van der Waals surface area contributed by atoms with Crippen LogP contribution in [0, 0.1) is 12.8 Å². The molecule has 1 aliphatic rings. The van der Waals surface area contributed by atoms with Gasteiger partial charge in [-0.25, -0.2) is 0 Å². The van der Waals surface area contributed by atoms with Gasteiger partial charge in [0, 0.05) is 17.4 Å². The van der Waals surface area contributed by atoms with Crippen LogP contribution in [0.2, 0.25) is 0 Å². The number of hydrogen-bond donors (Lipinski definition) is 1. The molecular weight excluding hydrogens is 333 g/mol. The first-order valence-corrected chi connectivity index (χ1v) is 8.76. The molecule has 7 heteroatoms. The average molecular weight is 346 g/mol. The summed E-state index contributed by atoms with van der Waals surface area (Å²) >= 11 is 15.2. The van der Waals surface area contributed by atoms with E-state index in [4.69, 9.17) is 23.2 Å². The van der Waals surface area contributed by atoms with Crippen molar-refractivity contribution in [1.29, 1.82) is 0 Å². The molecule has 0 amide bonds. The Hall–Kier alpha value is -0.490. The highest BCUT2D eigenvalue weighted by Crippen LogP contribution is 2.55. The van der Waals surface area contributed by atoms with Crippen molar-refractivity contribution in [2.75, 3.05) is 11.1 Å². The number of aryl methyl sites for hydroxylation is 1. The van der Waals surface area contributed by atoms with Gasteiger partial charge in [-0.15, -0.1) is 33.4 Å². The topological polar surface area (TPSA) is 37.8 Å². The van der Waals surface area contributed by atoms with Crippen molar-refractivity contribution < 1.29 is 0 Å². The van der Waals surface area contributed by atoms with Crippen LogP contribution in [0.4, 0.5) is 10.8 Å². The fourth-order valence-corrected chi connectivity index (χ4v) is 4.43. The van der Waals surface area contributed by atoms with Crippen LogP contribution in [0.1, 0.15) is 12.0 Å². The van der Waals surface area contributed by atoms with Crippen LogP contribution in [0.3, 0.4) is 0 Å². The Kier molecular flexibility index (Phi) is 4.13. The molecule has 20 heavy (non-hydrogen) atoms. The molecule has 1 fully saturated rings. The van der Waals surface area contributed by atoms with Crippen LogP contribution in [0.15, 0.2) is 28.6 Å². The predicted octanol–water partition coefficient (Wildman–Crippen LogP) is 4.88. The first-order chi connectivity index (χ1) is 9.53. The van der Waals surface area contributed by atoms with E-state index in [1.165, 1.54) is 5.56 Å². The van der Waals surface area contributed by atoms with E-state index in [1.54, 1.807) is 23.1 Å². The van der Waals surface area contributed by atoms with Gasteiger partial charge in [-0.05, 0) is 25.5 Å². The molecule has 1 N–H and O–H groups in total. The number of rotatable bonds is 5. The van der Waals surface area contributed by atoms with E-state index in [1.807, 2.05) is 12.1 Å². The third-order valence-electron chi connectivity index (χ3n) is 3.07. The summed E-state index contributed by atoms with van der Waals surface area (Å²) in [5.41, 5.74) is 2.25. The summed E-state index contributed by atoms with van der Waals surface area (Å²) in [4.78, 5) is 0. The lowest BCUT2D eigenvalue weighted by Crippen LogP contribution is -1.92.